The van der Waals surface area contributed by atoms with Gasteiger partial charge in [0.25, 0.3) is 0 Å². The predicted octanol–water partition coefficient (Wildman–Crippen LogP) is 3.04. The van der Waals surface area contributed by atoms with Gasteiger partial charge in [-0.1, -0.05) is 13.8 Å². The third-order valence-corrected chi connectivity index (χ3v) is 3.46. The number of rotatable bonds is 2. The van der Waals surface area contributed by atoms with Gasteiger partial charge in [0.2, 0.25) is 0 Å². The molecule has 0 aliphatic heterocycles. The lowest BCUT2D eigenvalue weighted by Gasteiger charge is -1.96. The van der Waals surface area contributed by atoms with Gasteiger partial charge >= 0.3 is 5.97 Å². The molecule has 0 amide bonds. The molecule has 0 bridgehead atoms. The molecule has 1 atom stereocenters. The molecule has 3 rings (SSSR count). The lowest BCUT2D eigenvalue weighted by atomic mass is 10.1. The largest absolute Gasteiger partial charge is 0.478 e. The summed E-state index contributed by atoms with van der Waals surface area (Å²) in [6.07, 6.45) is 1.08. The van der Waals surface area contributed by atoms with E-state index in [-0.39, 0.29) is 11.0 Å². The molecule has 17 heavy (non-hydrogen) atoms. The molecule has 1 aliphatic carbocycles. The number of nitrogens with zero attached hydrogens (tertiary/aromatic N) is 1. The highest BCUT2D eigenvalue weighted by Crippen LogP contribution is 2.58. The molecule has 1 aliphatic rings. The molecule has 88 valence electrons. The molecular weight excluding hydrogens is 218 g/mol. The Balaban J connectivity index is 2.05. The first-order valence-corrected chi connectivity index (χ1v) is 5.61. The Labute approximate surface area is 98.3 Å². The third kappa shape index (κ3) is 1.60. The molecule has 0 saturated heterocycles. The van der Waals surface area contributed by atoms with E-state index in [1.54, 1.807) is 12.1 Å². The van der Waals surface area contributed by atoms with E-state index < -0.39 is 5.97 Å². The quantitative estimate of drug-likeness (QED) is 0.862. The van der Waals surface area contributed by atoms with Crippen LogP contribution in [0.15, 0.2) is 22.6 Å². The zero-order chi connectivity index (χ0) is 12.2. The fourth-order valence-electron chi connectivity index (χ4n) is 2.12. The molecule has 4 nitrogen and oxygen atoms in total. The second-order valence-electron chi connectivity index (χ2n) is 5.29. The van der Waals surface area contributed by atoms with Crippen molar-refractivity contribution in [1.29, 1.82) is 0 Å². The molecule has 1 fully saturated rings. The summed E-state index contributed by atoms with van der Waals surface area (Å²) in [6, 6.07) is 4.77. The Morgan fingerprint density at radius 1 is 1.53 bits per heavy atom. The molecule has 2 aromatic rings. The van der Waals surface area contributed by atoms with Crippen LogP contribution in [0.1, 0.15) is 42.4 Å². The van der Waals surface area contributed by atoms with E-state index in [1.807, 2.05) is 0 Å². The van der Waals surface area contributed by atoms with E-state index in [2.05, 4.69) is 18.8 Å². The molecule has 0 radical (unpaired) electrons. The maximum Gasteiger partial charge on any atom is 0.335 e. The number of carbonyl (C=O) groups is 1. The van der Waals surface area contributed by atoms with Gasteiger partial charge in [-0.25, -0.2) is 9.78 Å². The first-order valence-electron chi connectivity index (χ1n) is 5.61. The van der Waals surface area contributed by atoms with Crippen molar-refractivity contribution in [2.75, 3.05) is 0 Å². The summed E-state index contributed by atoms with van der Waals surface area (Å²) >= 11 is 0. The minimum Gasteiger partial charge on any atom is -0.478 e. The van der Waals surface area contributed by atoms with Crippen LogP contribution in [0.5, 0.6) is 0 Å². The van der Waals surface area contributed by atoms with Crippen molar-refractivity contribution in [3.05, 3.63) is 29.7 Å². The van der Waals surface area contributed by atoms with Crippen LogP contribution in [0.2, 0.25) is 0 Å². The van der Waals surface area contributed by atoms with Gasteiger partial charge in [0.15, 0.2) is 11.5 Å². The normalized spacial score (nSPS) is 21.6. The summed E-state index contributed by atoms with van der Waals surface area (Å²) in [5.41, 5.74) is 1.79. The van der Waals surface area contributed by atoms with E-state index in [4.69, 9.17) is 9.52 Å². The topological polar surface area (TPSA) is 63.3 Å². The maximum atomic E-state index is 10.8. The van der Waals surface area contributed by atoms with Gasteiger partial charge in [0, 0.05) is 5.92 Å². The number of aromatic nitrogens is 1. The Morgan fingerprint density at radius 2 is 2.24 bits per heavy atom. The fraction of sp³-hybridized carbons (Fsp3) is 0.385. The number of aromatic carboxylic acids is 1. The SMILES string of the molecule is CC1(C)CC1c1nc2cc(C(=O)O)ccc2o1. The highest BCUT2D eigenvalue weighted by molar-refractivity contribution is 5.91. The summed E-state index contributed by atoms with van der Waals surface area (Å²) in [5, 5.41) is 8.90. The van der Waals surface area contributed by atoms with Gasteiger partial charge in [0.1, 0.15) is 5.52 Å². The standard InChI is InChI=1S/C13H13NO3/c1-13(2)6-8(13)11-14-9-5-7(12(15)16)3-4-10(9)17-11/h3-5,8H,6H2,1-2H3,(H,15,16). The van der Waals surface area contributed by atoms with Crippen molar-refractivity contribution in [3.8, 4) is 0 Å². The number of benzene rings is 1. The number of fused-ring (bicyclic) bond motifs is 1. The van der Waals surface area contributed by atoms with Gasteiger partial charge in [-0.05, 0) is 30.0 Å². The van der Waals surface area contributed by atoms with Gasteiger partial charge in [-0.2, -0.15) is 0 Å². The molecule has 1 unspecified atom stereocenters. The van der Waals surface area contributed by atoms with Crippen molar-refractivity contribution in [3.63, 3.8) is 0 Å². The highest BCUT2D eigenvalue weighted by atomic mass is 16.4. The van der Waals surface area contributed by atoms with Gasteiger partial charge in [-0.15, -0.1) is 0 Å². The third-order valence-electron chi connectivity index (χ3n) is 3.46. The molecule has 0 spiro atoms. The smallest absolute Gasteiger partial charge is 0.335 e. The fourth-order valence-corrected chi connectivity index (χ4v) is 2.12. The van der Waals surface area contributed by atoms with Crippen LogP contribution < -0.4 is 0 Å². The Morgan fingerprint density at radius 3 is 2.82 bits per heavy atom. The van der Waals surface area contributed by atoms with Crippen LogP contribution in [0.4, 0.5) is 0 Å². The molecule has 1 aromatic carbocycles. The lowest BCUT2D eigenvalue weighted by molar-refractivity contribution is 0.0697. The first kappa shape index (κ1) is 10.3. The number of oxazole rings is 1. The lowest BCUT2D eigenvalue weighted by Crippen LogP contribution is -1.94. The van der Waals surface area contributed by atoms with Crippen molar-refractivity contribution < 1.29 is 14.3 Å². The summed E-state index contributed by atoms with van der Waals surface area (Å²) in [4.78, 5) is 15.2. The van der Waals surface area contributed by atoms with Crippen LogP contribution in [0, 0.1) is 5.41 Å². The predicted molar refractivity (Wildman–Crippen MR) is 62.1 cm³/mol. The van der Waals surface area contributed by atoms with Crippen LogP contribution in [-0.2, 0) is 0 Å². The van der Waals surface area contributed by atoms with E-state index in [0.717, 1.165) is 12.3 Å². The van der Waals surface area contributed by atoms with Gasteiger partial charge in [0.05, 0.1) is 5.56 Å². The summed E-state index contributed by atoms with van der Waals surface area (Å²) in [7, 11) is 0. The van der Waals surface area contributed by atoms with Crippen molar-refractivity contribution in [2.45, 2.75) is 26.2 Å². The second-order valence-corrected chi connectivity index (χ2v) is 5.29. The minimum atomic E-state index is -0.941. The second kappa shape index (κ2) is 3.09. The van der Waals surface area contributed by atoms with E-state index >= 15 is 0 Å². The Kier molecular flexibility index (Phi) is 1.88. The van der Waals surface area contributed by atoms with Crippen LogP contribution >= 0.6 is 0 Å². The van der Waals surface area contributed by atoms with Crippen molar-refractivity contribution in [1.82, 2.24) is 4.98 Å². The molecule has 1 aromatic heterocycles. The van der Waals surface area contributed by atoms with E-state index in [9.17, 15) is 4.79 Å². The van der Waals surface area contributed by atoms with E-state index in [0.29, 0.717) is 17.0 Å². The molecule has 4 heteroatoms. The maximum absolute atomic E-state index is 10.8. The average Bonchev–Trinajstić information content (AvgIpc) is 2.74. The Bertz CT molecular complexity index is 612. The monoisotopic (exact) mass is 231 g/mol. The Hall–Kier alpha value is -1.84. The van der Waals surface area contributed by atoms with Crippen LogP contribution in [0.3, 0.4) is 0 Å². The zero-order valence-corrected chi connectivity index (χ0v) is 9.73. The summed E-state index contributed by atoms with van der Waals surface area (Å²) in [5.74, 6) is 0.152. The number of carboxylic acids is 1. The van der Waals surface area contributed by atoms with Crippen LogP contribution in [0.25, 0.3) is 11.1 Å². The summed E-state index contributed by atoms with van der Waals surface area (Å²) < 4.78 is 5.66. The number of hydrogen-bond donors (Lipinski definition) is 1. The van der Waals surface area contributed by atoms with Gasteiger partial charge in [-0.3, -0.25) is 0 Å². The molecule has 1 heterocycles. The van der Waals surface area contributed by atoms with Crippen molar-refractivity contribution >= 4 is 17.1 Å². The molecular formula is C13H13NO3. The highest BCUT2D eigenvalue weighted by Gasteiger charge is 2.49. The van der Waals surface area contributed by atoms with Crippen molar-refractivity contribution in [2.24, 2.45) is 5.41 Å². The first-order chi connectivity index (χ1) is 7.97. The zero-order valence-electron chi connectivity index (χ0n) is 9.73. The average molecular weight is 231 g/mol. The minimum absolute atomic E-state index is 0.243. The molecule has 1 saturated carbocycles. The number of carboxylic acid groups (broad SMARTS) is 1. The van der Waals surface area contributed by atoms with Gasteiger partial charge < -0.3 is 9.52 Å². The molecule has 1 N–H and O–H groups in total. The number of hydrogen-bond acceptors (Lipinski definition) is 3. The summed E-state index contributed by atoms with van der Waals surface area (Å²) in [6.45, 7) is 4.35. The van der Waals surface area contributed by atoms with E-state index in [1.165, 1.54) is 6.07 Å². The van der Waals surface area contributed by atoms with Crippen LogP contribution in [-0.4, -0.2) is 16.1 Å².